The minimum atomic E-state index is 0.197. The minimum Gasteiger partial charge on any atom is -0.349 e. The molecule has 1 aliphatic carbocycles. The molecule has 1 fully saturated rings. The molecule has 1 aliphatic rings. The lowest BCUT2D eigenvalue weighted by Crippen LogP contribution is -2.43. The van der Waals surface area contributed by atoms with Crippen LogP contribution in [0.2, 0.25) is 0 Å². The predicted molar refractivity (Wildman–Crippen MR) is 75.0 cm³/mol. The van der Waals surface area contributed by atoms with Crippen LogP contribution in [-0.4, -0.2) is 12.0 Å². The highest BCUT2D eigenvalue weighted by Gasteiger charge is 2.15. The van der Waals surface area contributed by atoms with Gasteiger partial charge < -0.3 is 5.32 Å². The molecule has 2 rings (SSSR count). The number of nitrogens with one attached hydrogen (secondary N) is 2. The summed E-state index contributed by atoms with van der Waals surface area (Å²) in [4.78, 5) is 4.63. The summed E-state index contributed by atoms with van der Waals surface area (Å²) >= 11 is 0. The van der Waals surface area contributed by atoms with Crippen molar-refractivity contribution in [2.75, 3.05) is 0 Å². The summed E-state index contributed by atoms with van der Waals surface area (Å²) in [7, 11) is 0. The molecule has 4 N–H and O–H groups in total. The van der Waals surface area contributed by atoms with Gasteiger partial charge in [0.05, 0.1) is 12.1 Å². The first-order valence-corrected chi connectivity index (χ1v) is 6.65. The number of nitrogens with two attached hydrogens (primary N) is 1. The topological polar surface area (TPSA) is 62.4 Å². The van der Waals surface area contributed by atoms with Crippen molar-refractivity contribution in [1.29, 1.82) is 0 Å². The Bertz CT molecular complexity index is 382. The van der Waals surface area contributed by atoms with Crippen molar-refractivity contribution in [3.63, 3.8) is 0 Å². The molecule has 1 aromatic rings. The van der Waals surface area contributed by atoms with Gasteiger partial charge in [-0.3, -0.25) is 5.43 Å². The van der Waals surface area contributed by atoms with E-state index in [9.17, 15) is 0 Å². The van der Waals surface area contributed by atoms with Gasteiger partial charge in [-0.15, -0.1) is 0 Å². The van der Waals surface area contributed by atoms with Gasteiger partial charge in [0.25, 0.3) is 0 Å². The lowest BCUT2D eigenvalue weighted by molar-refractivity contribution is 0.653. The first-order chi connectivity index (χ1) is 8.79. The zero-order chi connectivity index (χ0) is 12.8. The molecule has 0 aliphatic heterocycles. The van der Waals surface area contributed by atoms with E-state index in [1.165, 1.54) is 31.2 Å². The zero-order valence-electron chi connectivity index (χ0n) is 10.9. The lowest BCUT2D eigenvalue weighted by Gasteiger charge is -2.18. The third-order valence-corrected chi connectivity index (χ3v) is 3.43. The van der Waals surface area contributed by atoms with Crippen LogP contribution >= 0.6 is 0 Å². The van der Waals surface area contributed by atoms with Crippen LogP contribution in [0.5, 0.6) is 0 Å². The Morgan fingerprint density at radius 1 is 1.28 bits per heavy atom. The fourth-order valence-electron chi connectivity index (χ4n) is 2.36. The molecular formula is C14H22N4. The van der Waals surface area contributed by atoms with E-state index < -0.39 is 0 Å². The van der Waals surface area contributed by atoms with Gasteiger partial charge in [0, 0.05) is 0 Å². The number of hydrazine groups is 1. The second-order valence-corrected chi connectivity index (χ2v) is 4.84. The van der Waals surface area contributed by atoms with Gasteiger partial charge in [-0.1, -0.05) is 43.2 Å². The van der Waals surface area contributed by atoms with Crippen LogP contribution in [0.25, 0.3) is 0 Å². The quantitative estimate of drug-likeness (QED) is 0.331. The van der Waals surface area contributed by atoms with E-state index in [4.69, 9.17) is 5.84 Å². The Balaban J connectivity index is 1.97. The van der Waals surface area contributed by atoms with Gasteiger partial charge in [-0.25, -0.2) is 10.8 Å². The highest BCUT2D eigenvalue weighted by molar-refractivity contribution is 5.79. The number of hydrogen-bond acceptors (Lipinski definition) is 2. The molecule has 0 radical (unpaired) electrons. The second kappa shape index (κ2) is 6.40. The van der Waals surface area contributed by atoms with Gasteiger partial charge >= 0.3 is 0 Å². The number of nitrogens with zero attached hydrogens (tertiary/aromatic N) is 1. The maximum Gasteiger partial charge on any atom is 0.206 e. The van der Waals surface area contributed by atoms with Crippen molar-refractivity contribution >= 4 is 5.96 Å². The number of aliphatic imine (C=N–C) groups is 1. The maximum atomic E-state index is 5.53. The molecule has 0 spiro atoms. The van der Waals surface area contributed by atoms with E-state index in [1.54, 1.807) is 0 Å². The second-order valence-electron chi connectivity index (χ2n) is 4.84. The van der Waals surface area contributed by atoms with Crippen molar-refractivity contribution < 1.29 is 0 Å². The Labute approximate surface area is 109 Å². The summed E-state index contributed by atoms with van der Waals surface area (Å²) in [6, 6.07) is 10.9. The summed E-state index contributed by atoms with van der Waals surface area (Å²) in [6.07, 6.45) is 4.90. The molecule has 0 heterocycles. The SMILES string of the molecule is CC(NC(=NC1CCCC1)NN)c1ccccc1. The van der Waals surface area contributed by atoms with E-state index in [1.807, 2.05) is 18.2 Å². The number of benzene rings is 1. The van der Waals surface area contributed by atoms with Crippen LogP contribution in [0.3, 0.4) is 0 Å². The van der Waals surface area contributed by atoms with Gasteiger partial charge in [0.15, 0.2) is 0 Å². The number of rotatable bonds is 3. The van der Waals surface area contributed by atoms with Crippen LogP contribution in [0, 0.1) is 0 Å². The monoisotopic (exact) mass is 246 g/mol. The molecule has 0 saturated heterocycles. The zero-order valence-corrected chi connectivity index (χ0v) is 10.9. The van der Waals surface area contributed by atoms with Crippen molar-refractivity contribution in [3.05, 3.63) is 35.9 Å². The average molecular weight is 246 g/mol. The summed E-state index contributed by atoms with van der Waals surface area (Å²) in [5, 5.41) is 3.32. The Morgan fingerprint density at radius 2 is 1.94 bits per heavy atom. The van der Waals surface area contributed by atoms with Gasteiger partial charge in [-0.2, -0.15) is 0 Å². The van der Waals surface area contributed by atoms with Gasteiger partial charge in [-0.05, 0) is 25.3 Å². The number of hydrogen-bond donors (Lipinski definition) is 3. The molecule has 1 aromatic carbocycles. The Hall–Kier alpha value is -1.55. The van der Waals surface area contributed by atoms with Crippen molar-refractivity contribution in [2.24, 2.45) is 10.8 Å². The molecule has 18 heavy (non-hydrogen) atoms. The fourth-order valence-corrected chi connectivity index (χ4v) is 2.36. The molecule has 4 heteroatoms. The third kappa shape index (κ3) is 3.47. The fraction of sp³-hybridized carbons (Fsp3) is 0.500. The Morgan fingerprint density at radius 3 is 2.56 bits per heavy atom. The van der Waals surface area contributed by atoms with E-state index in [0.29, 0.717) is 12.0 Å². The normalized spacial score (nSPS) is 18.7. The molecule has 0 amide bonds. The molecule has 0 aromatic heterocycles. The average Bonchev–Trinajstić information content (AvgIpc) is 2.91. The summed E-state index contributed by atoms with van der Waals surface area (Å²) in [5.74, 6) is 6.23. The molecule has 1 unspecified atom stereocenters. The Kier molecular flexibility index (Phi) is 4.59. The van der Waals surface area contributed by atoms with Crippen LogP contribution < -0.4 is 16.6 Å². The standard InChI is InChI=1S/C14H22N4/c1-11(12-7-3-2-4-8-12)16-14(18-15)17-13-9-5-6-10-13/h2-4,7-8,11,13H,5-6,9-10,15H2,1H3,(H2,16,17,18). The van der Waals surface area contributed by atoms with Crippen LogP contribution in [-0.2, 0) is 0 Å². The minimum absolute atomic E-state index is 0.197. The van der Waals surface area contributed by atoms with E-state index in [-0.39, 0.29) is 6.04 Å². The van der Waals surface area contributed by atoms with Crippen LogP contribution in [0.4, 0.5) is 0 Å². The molecule has 4 nitrogen and oxygen atoms in total. The first-order valence-electron chi connectivity index (χ1n) is 6.65. The highest BCUT2D eigenvalue weighted by Crippen LogP contribution is 2.21. The first kappa shape index (κ1) is 12.9. The summed E-state index contributed by atoms with van der Waals surface area (Å²) in [6.45, 7) is 2.11. The summed E-state index contributed by atoms with van der Waals surface area (Å²) in [5.41, 5.74) is 3.90. The van der Waals surface area contributed by atoms with Crippen LogP contribution in [0.1, 0.15) is 44.2 Å². The van der Waals surface area contributed by atoms with Gasteiger partial charge in [0.2, 0.25) is 5.96 Å². The molecule has 1 saturated carbocycles. The van der Waals surface area contributed by atoms with E-state index >= 15 is 0 Å². The highest BCUT2D eigenvalue weighted by atomic mass is 15.3. The smallest absolute Gasteiger partial charge is 0.206 e. The predicted octanol–water partition coefficient (Wildman–Crippen LogP) is 2.10. The van der Waals surface area contributed by atoms with E-state index in [2.05, 4.69) is 34.8 Å². The molecule has 98 valence electrons. The maximum absolute atomic E-state index is 5.53. The summed E-state index contributed by atoms with van der Waals surface area (Å²) < 4.78 is 0. The van der Waals surface area contributed by atoms with Crippen molar-refractivity contribution in [2.45, 2.75) is 44.7 Å². The largest absolute Gasteiger partial charge is 0.349 e. The molecule has 1 atom stereocenters. The lowest BCUT2D eigenvalue weighted by atomic mass is 10.1. The number of guanidine groups is 1. The van der Waals surface area contributed by atoms with Crippen LogP contribution in [0.15, 0.2) is 35.3 Å². The molecular weight excluding hydrogens is 224 g/mol. The third-order valence-electron chi connectivity index (χ3n) is 3.43. The van der Waals surface area contributed by atoms with Gasteiger partial charge in [0.1, 0.15) is 0 Å². The van der Waals surface area contributed by atoms with Crippen molar-refractivity contribution in [3.8, 4) is 0 Å². The molecule has 0 bridgehead atoms. The van der Waals surface area contributed by atoms with Crippen molar-refractivity contribution in [1.82, 2.24) is 10.7 Å². The van der Waals surface area contributed by atoms with E-state index in [0.717, 1.165) is 0 Å².